The van der Waals surface area contributed by atoms with E-state index in [1.165, 1.54) is 13.2 Å². The summed E-state index contributed by atoms with van der Waals surface area (Å²) < 4.78 is 4.92. The van der Waals surface area contributed by atoms with Gasteiger partial charge >= 0.3 is 0 Å². The van der Waals surface area contributed by atoms with E-state index in [1.807, 2.05) is 7.05 Å². The first-order valence-corrected chi connectivity index (χ1v) is 4.42. The van der Waals surface area contributed by atoms with E-state index in [0.717, 1.165) is 18.5 Å². The summed E-state index contributed by atoms with van der Waals surface area (Å²) in [6.45, 7) is 0.813. The molecule has 0 heterocycles. The number of rotatable bonds is 4. The van der Waals surface area contributed by atoms with Gasteiger partial charge in [0.25, 0.3) is 0 Å². The summed E-state index contributed by atoms with van der Waals surface area (Å²) in [6.07, 6.45) is 0.778. The maximum absolute atomic E-state index is 9.36. The Labute approximate surface area is 83.1 Å². The first-order chi connectivity index (χ1) is 6.69. The smallest absolute Gasteiger partial charge is 0.200 e. The molecule has 1 aromatic carbocycles. The topological polar surface area (TPSA) is 61.7 Å². The van der Waals surface area contributed by atoms with Crippen molar-refractivity contribution in [2.75, 3.05) is 20.7 Å². The molecule has 4 heteroatoms. The molecule has 3 N–H and O–H groups in total. The third-order valence-electron chi connectivity index (χ3n) is 2.00. The van der Waals surface area contributed by atoms with Crippen molar-refractivity contribution in [2.24, 2.45) is 0 Å². The van der Waals surface area contributed by atoms with E-state index in [2.05, 4.69) is 5.32 Å². The van der Waals surface area contributed by atoms with E-state index in [4.69, 9.17) is 4.74 Å². The molecule has 0 aliphatic heterocycles. The molecule has 14 heavy (non-hydrogen) atoms. The van der Waals surface area contributed by atoms with Crippen LogP contribution in [0.15, 0.2) is 12.1 Å². The van der Waals surface area contributed by atoms with Gasteiger partial charge in [0.1, 0.15) is 0 Å². The van der Waals surface area contributed by atoms with Gasteiger partial charge in [-0.05, 0) is 37.7 Å². The van der Waals surface area contributed by atoms with Crippen LogP contribution in [-0.4, -0.2) is 30.9 Å². The summed E-state index contributed by atoms with van der Waals surface area (Å²) in [5, 5.41) is 21.7. The zero-order valence-corrected chi connectivity index (χ0v) is 8.37. The second-order valence-electron chi connectivity index (χ2n) is 3.02. The molecule has 0 unspecified atom stereocenters. The van der Waals surface area contributed by atoms with Gasteiger partial charge in [0.15, 0.2) is 11.5 Å². The van der Waals surface area contributed by atoms with E-state index in [1.54, 1.807) is 6.07 Å². The third kappa shape index (κ3) is 2.29. The molecule has 4 nitrogen and oxygen atoms in total. The van der Waals surface area contributed by atoms with Crippen LogP contribution in [0.5, 0.6) is 17.2 Å². The molecule has 1 rings (SSSR count). The highest BCUT2D eigenvalue weighted by Crippen LogP contribution is 2.36. The number of nitrogens with one attached hydrogen (secondary N) is 1. The standard InChI is InChI=1S/C10H15NO3/c1-11-4-3-7-5-8(12)10(13)9(6-7)14-2/h5-6,11-13H,3-4H2,1-2H3. The van der Waals surface area contributed by atoms with E-state index in [0.29, 0.717) is 5.75 Å². The van der Waals surface area contributed by atoms with Crippen LogP contribution >= 0.6 is 0 Å². The van der Waals surface area contributed by atoms with Gasteiger partial charge < -0.3 is 20.3 Å². The van der Waals surface area contributed by atoms with Gasteiger partial charge in [0, 0.05) is 0 Å². The van der Waals surface area contributed by atoms with Crippen molar-refractivity contribution < 1.29 is 14.9 Å². The van der Waals surface area contributed by atoms with E-state index < -0.39 is 0 Å². The average molecular weight is 197 g/mol. The quantitative estimate of drug-likeness (QED) is 0.627. The van der Waals surface area contributed by atoms with Crippen LogP contribution in [0.1, 0.15) is 5.56 Å². The molecule has 0 atom stereocenters. The number of aromatic hydroxyl groups is 2. The SMILES string of the molecule is CNCCc1cc(O)c(O)c(OC)c1. The Morgan fingerprint density at radius 2 is 2.07 bits per heavy atom. The fraction of sp³-hybridized carbons (Fsp3) is 0.400. The predicted octanol–water partition coefficient (Wildman–Crippen LogP) is 0.868. The lowest BCUT2D eigenvalue weighted by molar-refractivity contribution is 0.350. The van der Waals surface area contributed by atoms with Crippen LogP contribution in [0, 0.1) is 0 Å². The van der Waals surface area contributed by atoms with Crippen molar-refractivity contribution in [3.05, 3.63) is 17.7 Å². The monoisotopic (exact) mass is 197 g/mol. The Bertz CT molecular complexity index is 312. The molecule has 78 valence electrons. The zero-order chi connectivity index (χ0) is 10.6. The first-order valence-electron chi connectivity index (χ1n) is 4.42. The number of ether oxygens (including phenoxy) is 1. The Morgan fingerprint density at radius 3 is 2.64 bits per heavy atom. The Hall–Kier alpha value is -1.42. The lowest BCUT2D eigenvalue weighted by Crippen LogP contribution is -2.10. The van der Waals surface area contributed by atoms with Gasteiger partial charge in [0.2, 0.25) is 5.75 Å². The van der Waals surface area contributed by atoms with E-state index in [-0.39, 0.29) is 11.5 Å². The number of hydrogen-bond acceptors (Lipinski definition) is 4. The van der Waals surface area contributed by atoms with Gasteiger partial charge in [0.05, 0.1) is 7.11 Å². The van der Waals surface area contributed by atoms with E-state index >= 15 is 0 Å². The number of likely N-dealkylation sites (N-methyl/N-ethyl adjacent to an activating group) is 1. The summed E-state index contributed by atoms with van der Waals surface area (Å²) in [7, 11) is 3.31. The number of phenols is 2. The molecule has 0 bridgehead atoms. The molecule has 0 saturated carbocycles. The maximum atomic E-state index is 9.36. The normalized spacial score (nSPS) is 10.1. The Morgan fingerprint density at radius 1 is 1.36 bits per heavy atom. The molecule has 0 aliphatic carbocycles. The molecule has 0 aromatic heterocycles. The fourth-order valence-electron chi connectivity index (χ4n) is 1.22. The first kappa shape index (κ1) is 10.7. The van der Waals surface area contributed by atoms with Gasteiger partial charge in [-0.25, -0.2) is 0 Å². The van der Waals surface area contributed by atoms with Crippen molar-refractivity contribution >= 4 is 0 Å². The van der Waals surface area contributed by atoms with Gasteiger partial charge in [-0.2, -0.15) is 0 Å². The summed E-state index contributed by atoms with van der Waals surface area (Å²) in [4.78, 5) is 0. The minimum atomic E-state index is -0.208. The molecule has 1 aromatic rings. The largest absolute Gasteiger partial charge is 0.504 e. The third-order valence-corrected chi connectivity index (χ3v) is 2.00. The number of benzene rings is 1. The molecule has 0 spiro atoms. The van der Waals surface area contributed by atoms with Gasteiger partial charge in [-0.3, -0.25) is 0 Å². The Balaban J connectivity index is 2.91. The van der Waals surface area contributed by atoms with Crippen LogP contribution in [-0.2, 0) is 6.42 Å². The molecule has 0 amide bonds. The van der Waals surface area contributed by atoms with Crippen molar-refractivity contribution in [3.8, 4) is 17.2 Å². The van der Waals surface area contributed by atoms with Crippen molar-refractivity contribution in [3.63, 3.8) is 0 Å². The molecular weight excluding hydrogens is 182 g/mol. The second-order valence-corrected chi connectivity index (χ2v) is 3.02. The summed E-state index contributed by atoms with van der Waals surface area (Å²) >= 11 is 0. The highest BCUT2D eigenvalue weighted by Gasteiger charge is 2.08. The van der Waals surface area contributed by atoms with Crippen LogP contribution in [0.25, 0.3) is 0 Å². The molecule has 0 saturated heterocycles. The second kappa shape index (κ2) is 4.72. The lowest BCUT2D eigenvalue weighted by atomic mass is 10.1. The van der Waals surface area contributed by atoms with Crippen molar-refractivity contribution in [2.45, 2.75) is 6.42 Å². The van der Waals surface area contributed by atoms with Crippen LogP contribution in [0.2, 0.25) is 0 Å². The minimum absolute atomic E-state index is 0.143. The highest BCUT2D eigenvalue weighted by molar-refractivity contribution is 5.51. The number of hydrogen-bond donors (Lipinski definition) is 3. The minimum Gasteiger partial charge on any atom is -0.504 e. The van der Waals surface area contributed by atoms with Crippen molar-refractivity contribution in [1.29, 1.82) is 0 Å². The summed E-state index contributed by atoms with van der Waals surface area (Å²) in [5.74, 6) is -0.0488. The summed E-state index contributed by atoms with van der Waals surface area (Å²) in [6, 6.07) is 3.25. The lowest BCUT2D eigenvalue weighted by Gasteiger charge is -2.08. The average Bonchev–Trinajstić information content (AvgIpc) is 2.19. The van der Waals surface area contributed by atoms with Gasteiger partial charge in [-0.15, -0.1) is 0 Å². The predicted molar refractivity (Wildman–Crippen MR) is 54.0 cm³/mol. The van der Waals surface area contributed by atoms with Gasteiger partial charge in [-0.1, -0.05) is 0 Å². The molecule has 0 aliphatic rings. The molecule has 0 fully saturated rings. The number of methoxy groups -OCH3 is 1. The Kier molecular flexibility index (Phi) is 3.59. The molecular formula is C10H15NO3. The van der Waals surface area contributed by atoms with Crippen LogP contribution in [0.4, 0.5) is 0 Å². The zero-order valence-electron chi connectivity index (χ0n) is 8.37. The van der Waals surface area contributed by atoms with Crippen LogP contribution in [0.3, 0.4) is 0 Å². The molecule has 0 radical (unpaired) electrons. The summed E-state index contributed by atoms with van der Waals surface area (Å²) in [5.41, 5.74) is 0.923. The van der Waals surface area contributed by atoms with E-state index in [9.17, 15) is 10.2 Å². The number of phenolic OH excluding ortho intramolecular Hbond substituents is 2. The van der Waals surface area contributed by atoms with Crippen molar-refractivity contribution in [1.82, 2.24) is 5.32 Å². The van der Waals surface area contributed by atoms with Crippen LogP contribution < -0.4 is 10.1 Å². The maximum Gasteiger partial charge on any atom is 0.200 e. The highest BCUT2D eigenvalue weighted by atomic mass is 16.5. The fourth-order valence-corrected chi connectivity index (χ4v) is 1.22.